The molecule has 2 aliphatic heterocycles. The predicted octanol–water partition coefficient (Wildman–Crippen LogP) is 2.15. The second-order valence-electron chi connectivity index (χ2n) is 7.97. The number of fused-ring (bicyclic) bond motifs is 1. The first-order valence-electron chi connectivity index (χ1n) is 9.87. The number of nitrogens with one attached hydrogen (secondary N) is 1. The van der Waals surface area contributed by atoms with Crippen LogP contribution in [0.3, 0.4) is 0 Å². The maximum Gasteiger partial charge on any atom is 0.266 e. The first-order valence-corrected chi connectivity index (χ1v) is 10.2. The molecular weight excluding hydrogens is 392 g/mol. The third-order valence-corrected chi connectivity index (χ3v) is 5.60. The monoisotopic (exact) mass is 417 g/mol. The van der Waals surface area contributed by atoms with Crippen LogP contribution in [0.1, 0.15) is 19.4 Å². The molecule has 0 radical (unpaired) electrons. The average Bonchev–Trinajstić information content (AvgIpc) is 3.17. The van der Waals surface area contributed by atoms with Crippen molar-refractivity contribution in [2.24, 2.45) is 0 Å². The highest BCUT2D eigenvalue weighted by Crippen LogP contribution is 2.32. The van der Waals surface area contributed by atoms with Crippen LogP contribution < -0.4 is 19.1 Å². The molecular formula is C22H26ClN2O4+. The quantitative estimate of drug-likeness (QED) is 0.810. The Bertz CT molecular complexity index is 877. The van der Waals surface area contributed by atoms with Crippen molar-refractivity contribution in [1.29, 1.82) is 0 Å². The van der Waals surface area contributed by atoms with Gasteiger partial charge in [0.1, 0.15) is 12.3 Å². The van der Waals surface area contributed by atoms with Crippen LogP contribution in [-0.4, -0.2) is 49.4 Å². The Hall–Kier alpha value is -2.44. The number of piperazine rings is 1. The predicted molar refractivity (Wildman–Crippen MR) is 110 cm³/mol. The minimum absolute atomic E-state index is 0.00887. The zero-order chi connectivity index (χ0) is 20.4. The number of quaternary nitrogens is 1. The summed E-state index contributed by atoms with van der Waals surface area (Å²) in [6.07, 6.45) is 0. The molecule has 4 rings (SSSR count). The summed E-state index contributed by atoms with van der Waals surface area (Å²) in [5.41, 5.74) is 0.290. The molecule has 1 N–H and O–H groups in total. The maximum atomic E-state index is 13.0. The lowest BCUT2D eigenvalue weighted by atomic mass is 10.1. The van der Waals surface area contributed by atoms with Gasteiger partial charge in [-0.3, -0.25) is 4.79 Å². The molecule has 7 heteroatoms. The van der Waals surface area contributed by atoms with E-state index in [0.29, 0.717) is 30.7 Å². The van der Waals surface area contributed by atoms with Crippen LogP contribution in [0.4, 0.5) is 0 Å². The maximum absolute atomic E-state index is 13.0. The highest BCUT2D eigenvalue weighted by Gasteiger charge is 2.36. The fourth-order valence-corrected chi connectivity index (χ4v) is 3.89. The van der Waals surface area contributed by atoms with Crippen LogP contribution in [0.5, 0.6) is 17.2 Å². The van der Waals surface area contributed by atoms with Gasteiger partial charge in [0.15, 0.2) is 17.1 Å². The van der Waals surface area contributed by atoms with Crippen LogP contribution in [0.25, 0.3) is 0 Å². The molecule has 2 aromatic carbocycles. The minimum atomic E-state index is -0.928. The van der Waals surface area contributed by atoms with Crippen LogP contribution >= 0.6 is 11.6 Å². The van der Waals surface area contributed by atoms with Gasteiger partial charge < -0.3 is 24.0 Å². The summed E-state index contributed by atoms with van der Waals surface area (Å²) in [5.74, 6) is 2.27. The van der Waals surface area contributed by atoms with E-state index in [-0.39, 0.29) is 5.91 Å². The van der Waals surface area contributed by atoms with Gasteiger partial charge in [0, 0.05) is 10.6 Å². The summed E-state index contributed by atoms with van der Waals surface area (Å²) in [4.78, 5) is 16.4. The van der Waals surface area contributed by atoms with Crippen LogP contribution in [-0.2, 0) is 11.3 Å². The molecule has 6 nitrogen and oxygen atoms in total. The van der Waals surface area contributed by atoms with Gasteiger partial charge in [-0.1, -0.05) is 11.6 Å². The summed E-state index contributed by atoms with van der Waals surface area (Å²) in [6.45, 7) is 8.06. The van der Waals surface area contributed by atoms with Crippen molar-refractivity contribution in [3.63, 3.8) is 0 Å². The number of halogens is 1. The van der Waals surface area contributed by atoms with Gasteiger partial charge >= 0.3 is 0 Å². The summed E-state index contributed by atoms with van der Waals surface area (Å²) < 4.78 is 16.8. The van der Waals surface area contributed by atoms with Gasteiger partial charge in [0.2, 0.25) is 6.79 Å². The van der Waals surface area contributed by atoms with Gasteiger partial charge in [-0.15, -0.1) is 0 Å². The van der Waals surface area contributed by atoms with E-state index in [1.165, 1.54) is 10.5 Å². The number of benzene rings is 2. The third kappa shape index (κ3) is 4.60. The molecule has 0 unspecified atom stereocenters. The number of hydrogen-bond acceptors (Lipinski definition) is 4. The molecule has 2 aromatic rings. The zero-order valence-corrected chi connectivity index (χ0v) is 17.5. The molecule has 29 heavy (non-hydrogen) atoms. The molecule has 0 bridgehead atoms. The number of rotatable bonds is 5. The van der Waals surface area contributed by atoms with Crippen molar-refractivity contribution in [2.45, 2.75) is 26.0 Å². The second kappa shape index (κ2) is 8.13. The molecule has 1 fully saturated rings. The number of ether oxygens (including phenoxy) is 3. The Kier molecular flexibility index (Phi) is 5.56. The Morgan fingerprint density at radius 1 is 1.10 bits per heavy atom. The first-order chi connectivity index (χ1) is 13.9. The fraction of sp³-hybridized carbons (Fsp3) is 0.409. The van der Waals surface area contributed by atoms with E-state index in [4.69, 9.17) is 25.8 Å². The number of amides is 1. The van der Waals surface area contributed by atoms with Crippen molar-refractivity contribution < 1.29 is 23.9 Å². The Balaban J connectivity index is 1.31. The molecule has 2 heterocycles. The largest absolute Gasteiger partial charge is 0.478 e. The van der Waals surface area contributed by atoms with E-state index in [2.05, 4.69) is 12.1 Å². The van der Waals surface area contributed by atoms with Crippen LogP contribution in [0.15, 0.2) is 42.5 Å². The van der Waals surface area contributed by atoms with Gasteiger partial charge in [-0.25, -0.2) is 0 Å². The summed E-state index contributed by atoms with van der Waals surface area (Å²) in [5, 5.41) is 0.642. The molecule has 0 aromatic heterocycles. The highest BCUT2D eigenvalue weighted by atomic mass is 35.5. The number of hydrogen-bond donors (Lipinski definition) is 1. The molecule has 0 spiro atoms. The topological polar surface area (TPSA) is 52.4 Å². The van der Waals surface area contributed by atoms with Crippen molar-refractivity contribution in [2.75, 3.05) is 33.0 Å². The van der Waals surface area contributed by atoms with E-state index in [1.54, 1.807) is 24.3 Å². The summed E-state index contributed by atoms with van der Waals surface area (Å²) in [6, 6.07) is 13.2. The Labute approximate surface area is 175 Å². The van der Waals surface area contributed by atoms with Crippen molar-refractivity contribution in [1.82, 2.24) is 4.90 Å². The number of nitrogens with zero attached hydrogens (tertiary/aromatic N) is 1. The average molecular weight is 418 g/mol. The molecule has 1 saturated heterocycles. The minimum Gasteiger partial charge on any atom is -0.478 e. The normalized spacial score (nSPS) is 16.7. The first kappa shape index (κ1) is 19.9. The number of carbonyl (C=O) groups is 1. The molecule has 0 saturated carbocycles. The Morgan fingerprint density at radius 3 is 2.52 bits per heavy atom. The van der Waals surface area contributed by atoms with Crippen LogP contribution in [0.2, 0.25) is 5.02 Å². The molecule has 154 valence electrons. The van der Waals surface area contributed by atoms with E-state index >= 15 is 0 Å². The fourth-order valence-electron chi connectivity index (χ4n) is 3.76. The van der Waals surface area contributed by atoms with E-state index < -0.39 is 5.60 Å². The van der Waals surface area contributed by atoms with Gasteiger partial charge in [0.25, 0.3) is 5.91 Å². The molecule has 0 atom stereocenters. The Morgan fingerprint density at radius 2 is 1.79 bits per heavy atom. The summed E-state index contributed by atoms with van der Waals surface area (Å²) >= 11 is 5.92. The van der Waals surface area contributed by atoms with Crippen molar-refractivity contribution in [3.8, 4) is 17.2 Å². The number of carbonyl (C=O) groups excluding carboxylic acids is 1. The van der Waals surface area contributed by atoms with E-state index in [0.717, 1.165) is 31.1 Å². The zero-order valence-electron chi connectivity index (χ0n) is 16.7. The van der Waals surface area contributed by atoms with Gasteiger partial charge in [-0.2, -0.15) is 0 Å². The lowest BCUT2D eigenvalue weighted by Crippen LogP contribution is -3.13. The highest BCUT2D eigenvalue weighted by molar-refractivity contribution is 6.30. The smallest absolute Gasteiger partial charge is 0.266 e. The SMILES string of the molecule is CC(C)(Oc1ccc(Cl)cc1)C(=O)N1CC[NH+](Cc2ccc3c(c2)OCO3)CC1. The van der Waals surface area contributed by atoms with Crippen molar-refractivity contribution in [3.05, 3.63) is 53.1 Å². The lowest BCUT2D eigenvalue weighted by molar-refractivity contribution is -0.917. The van der Waals surface area contributed by atoms with Gasteiger partial charge in [0.05, 0.1) is 26.2 Å². The lowest BCUT2D eigenvalue weighted by Gasteiger charge is -2.36. The van der Waals surface area contributed by atoms with E-state index in [1.807, 2.05) is 24.8 Å². The standard InChI is InChI=1S/C22H25ClN2O4/c1-22(2,29-18-6-4-17(23)5-7-18)21(26)25-11-9-24(10-12-25)14-16-3-8-19-20(13-16)28-15-27-19/h3-8,13H,9-12,14-15H2,1-2H3/p+1. The second-order valence-corrected chi connectivity index (χ2v) is 8.41. The van der Waals surface area contributed by atoms with Crippen LogP contribution in [0, 0.1) is 0 Å². The van der Waals surface area contributed by atoms with E-state index in [9.17, 15) is 4.79 Å². The van der Waals surface area contributed by atoms with Gasteiger partial charge in [-0.05, 0) is 56.3 Å². The molecule has 0 aliphatic carbocycles. The van der Waals surface area contributed by atoms with Crippen molar-refractivity contribution >= 4 is 17.5 Å². The molecule has 2 aliphatic rings. The summed E-state index contributed by atoms with van der Waals surface area (Å²) in [7, 11) is 0. The third-order valence-electron chi connectivity index (χ3n) is 5.35. The molecule has 1 amide bonds.